The van der Waals surface area contributed by atoms with Crippen molar-refractivity contribution in [2.75, 3.05) is 6.61 Å². The average molecular weight is 192 g/mol. The number of halogens is 2. The molecule has 0 amide bonds. The van der Waals surface area contributed by atoms with E-state index in [1.165, 1.54) is 0 Å². The maximum Gasteiger partial charge on any atom is 0.284 e. The quantitative estimate of drug-likeness (QED) is 0.780. The Morgan fingerprint density at radius 3 is 2.67 bits per heavy atom. The van der Waals surface area contributed by atoms with Gasteiger partial charge < -0.3 is 5.11 Å². The monoisotopic (exact) mass is 192 g/mol. The fourth-order valence-corrected chi connectivity index (χ4v) is 1.94. The number of aryl methyl sites for hydroxylation is 1. The van der Waals surface area contributed by atoms with Gasteiger partial charge in [-0.2, -0.15) is 0 Å². The molecule has 1 heterocycles. The summed E-state index contributed by atoms with van der Waals surface area (Å²) in [6.07, 6.45) is -0.492. The molecule has 0 aromatic carbocycles. The van der Waals surface area contributed by atoms with Gasteiger partial charge in [-0.25, -0.2) is 8.78 Å². The predicted molar refractivity (Wildman–Crippen MR) is 44.7 cm³/mol. The fraction of sp³-hybridized carbons (Fsp3) is 0.500. The van der Waals surface area contributed by atoms with Crippen LogP contribution in [0.4, 0.5) is 8.78 Å². The number of hydrogen-bond acceptors (Lipinski definition) is 2. The Kier molecular flexibility index (Phi) is 2.80. The van der Waals surface area contributed by atoms with Gasteiger partial charge in [-0.1, -0.05) is 0 Å². The molecule has 1 aromatic rings. The van der Waals surface area contributed by atoms with Crippen molar-refractivity contribution in [3.63, 3.8) is 0 Å². The minimum atomic E-state index is -2.87. The van der Waals surface area contributed by atoms with E-state index in [0.717, 1.165) is 11.3 Å². The van der Waals surface area contributed by atoms with E-state index in [9.17, 15) is 8.78 Å². The molecule has 0 aliphatic carbocycles. The maximum atomic E-state index is 13.1. The molecule has 0 fully saturated rings. The number of aliphatic hydroxyl groups excluding tert-OH is 1. The topological polar surface area (TPSA) is 20.2 Å². The summed E-state index contributed by atoms with van der Waals surface area (Å²) in [6.45, 7) is 1.17. The first-order valence-corrected chi connectivity index (χ1v) is 4.49. The van der Waals surface area contributed by atoms with E-state index < -0.39 is 19.0 Å². The van der Waals surface area contributed by atoms with Gasteiger partial charge in [0.25, 0.3) is 5.92 Å². The van der Waals surface area contributed by atoms with Crippen molar-refractivity contribution in [3.05, 3.63) is 21.9 Å². The first kappa shape index (κ1) is 9.61. The summed E-state index contributed by atoms with van der Waals surface area (Å²) < 4.78 is 26.2. The molecule has 0 saturated heterocycles. The Morgan fingerprint density at radius 1 is 1.58 bits per heavy atom. The molecule has 0 aliphatic heterocycles. The highest BCUT2D eigenvalue weighted by molar-refractivity contribution is 7.10. The van der Waals surface area contributed by atoms with Crippen molar-refractivity contribution in [2.24, 2.45) is 0 Å². The molecule has 1 N–H and O–H groups in total. The van der Waals surface area contributed by atoms with Crippen molar-refractivity contribution in [2.45, 2.75) is 19.3 Å². The lowest BCUT2D eigenvalue weighted by atomic mass is 10.1. The summed E-state index contributed by atoms with van der Waals surface area (Å²) in [7, 11) is 0. The van der Waals surface area contributed by atoms with Crippen LogP contribution in [0.1, 0.15) is 16.9 Å². The smallest absolute Gasteiger partial charge is 0.284 e. The zero-order valence-electron chi connectivity index (χ0n) is 6.68. The highest BCUT2D eigenvalue weighted by atomic mass is 32.1. The Balaban J connectivity index is 2.88. The SMILES string of the molecule is Cc1ccsc1C(F)(F)CCO. The van der Waals surface area contributed by atoms with E-state index in [-0.39, 0.29) is 4.88 Å². The second-order valence-corrected chi connectivity index (χ2v) is 3.53. The Morgan fingerprint density at radius 2 is 2.25 bits per heavy atom. The predicted octanol–water partition coefficient (Wildman–Crippen LogP) is 2.53. The standard InChI is InChI=1S/C8H10F2OS/c1-6-2-5-12-7(6)8(9,10)3-4-11/h2,5,11H,3-4H2,1H3. The highest BCUT2D eigenvalue weighted by Gasteiger charge is 2.33. The van der Waals surface area contributed by atoms with Crippen LogP contribution >= 0.6 is 11.3 Å². The third-order valence-electron chi connectivity index (χ3n) is 1.62. The van der Waals surface area contributed by atoms with Crippen LogP contribution in [0.15, 0.2) is 11.4 Å². The van der Waals surface area contributed by atoms with Crippen molar-refractivity contribution in [3.8, 4) is 0 Å². The molecule has 0 aliphatic rings. The molecule has 0 bridgehead atoms. The Hall–Kier alpha value is -0.480. The van der Waals surface area contributed by atoms with Gasteiger partial charge >= 0.3 is 0 Å². The van der Waals surface area contributed by atoms with Crippen molar-refractivity contribution < 1.29 is 13.9 Å². The van der Waals surface area contributed by atoms with Gasteiger partial charge in [0.15, 0.2) is 0 Å². The average Bonchev–Trinajstić information content (AvgIpc) is 2.35. The van der Waals surface area contributed by atoms with E-state index in [1.54, 1.807) is 18.4 Å². The summed E-state index contributed by atoms with van der Waals surface area (Å²) in [5.74, 6) is -2.87. The molecule has 0 saturated carbocycles. The minimum Gasteiger partial charge on any atom is -0.396 e. The summed E-state index contributed by atoms with van der Waals surface area (Å²) in [4.78, 5) is 0.0663. The van der Waals surface area contributed by atoms with Crippen LogP contribution in [0.25, 0.3) is 0 Å². The number of rotatable bonds is 3. The van der Waals surface area contributed by atoms with E-state index in [2.05, 4.69) is 0 Å². The van der Waals surface area contributed by atoms with Gasteiger partial charge in [0.2, 0.25) is 0 Å². The minimum absolute atomic E-state index is 0.0663. The summed E-state index contributed by atoms with van der Waals surface area (Å²) in [5.41, 5.74) is 0.596. The largest absolute Gasteiger partial charge is 0.396 e. The first-order valence-electron chi connectivity index (χ1n) is 3.61. The lowest BCUT2D eigenvalue weighted by Gasteiger charge is -2.13. The molecule has 12 heavy (non-hydrogen) atoms. The van der Waals surface area contributed by atoms with Crippen molar-refractivity contribution >= 4 is 11.3 Å². The third-order valence-corrected chi connectivity index (χ3v) is 2.75. The molecule has 1 aromatic heterocycles. The normalized spacial score (nSPS) is 12.0. The Bertz CT molecular complexity index is 257. The number of hydrogen-bond donors (Lipinski definition) is 1. The Labute approximate surface area is 73.7 Å². The van der Waals surface area contributed by atoms with E-state index in [4.69, 9.17) is 5.11 Å². The van der Waals surface area contributed by atoms with Gasteiger partial charge in [-0.3, -0.25) is 0 Å². The summed E-state index contributed by atoms with van der Waals surface area (Å²) in [6, 6.07) is 1.66. The van der Waals surface area contributed by atoms with Gasteiger partial charge in [-0.05, 0) is 23.9 Å². The van der Waals surface area contributed by atoms with Gasteiger partial charge in [0.1, 0.15) is 0 Å². The number of thiophene rings is 1. The van der Waals surface area contributed by atoms with Crippen LogP contribution in [0.3, 0.4) is 0 Å². The molecule has 1 nitrogen and oxygen atoms in total. The van der Waals surface area contributed by atoms with Gasteiger partial charge in [0.05, 0.1) is 4.88 Å². The summed E-state index contributed by atoms with van der Waals surface area (Å²) in [5, 5.41) is 10.1. The number of aliphatic hydroxyl groups is 1. The van der Waals surface area contributed by atoms with Crippen LogP contribution in [0.2, 0.25) is 0 Å². The van der Waals surface area contributed by atoms with Crippen molar-refractivity contribution in [1.29, 1.82) is 0 Å². The lowest BCUT2D eigenvalue weighted by molar-refractivity contribution is -0.0239. The van der Waals surface area contributed by atoms with Crippen LogP contribution in [0, 0.1) is 6.92 Å². The van der Waals surface area contributed by atoms with Gasteiger partial charge in [-0.15, -0.1) is 11.3 Å². The van der Waals surface area contributed by atoms with Gasteiger partial charge in [0, 0.05) is 13.0 Å². The zero-order chi connectivity index (χ0) is 9.19. The molecular weight excluding hydrogens is 182 g/mol. The van der Waals surface area contributed by atoms with Crippen LogP contribution in [0.5, 0.6) is 0 Å². The fourth-order valence-electron chi connectivity index (χ4n) is 1.00. The summed E-state index contributed by atoms with van der Waals surface area (Å²) >= 11 is 1.04. The highest BCUT2D eigenvalue weighted by Crippen LogP contribution is 2.36. The second kappa shape index (κ2) is 3.49. The zero-order valence-corrected chi connectivity index (χ0v) is 7.50. The van der Waals surface area contributed by atoms with Crippen LogP contribution < -0.4 is 0 Å². The van der Waals surface area contributed by atoms with Crippen LogP contribution in [-0.2, 0) is 5.92 Å². The second-order valence-electron chi connectivity index (χ2n) is 2.61. The number of alkyl halides is 2. The van der Waals surface area contributed by atoms with Crippen molar-refractivity contribution in [1.82, 2.24) is 0 Å². The molecule has 68 valence electrons. The third kappa shape index (κ3) is 1.81. The molecule has 0 radical (unpaired) electrons. The van der Waals surface area contributed by atoms with E-state index >= 15 is 0 Å². The first-order chi connectivity index (χ1) is 5.58. The van der Waals surface area contributed by atoms with E-state index in [0.29, 0.717) is 5.56 Å². The molecule has 0 unspecified atom stereocenters. The molecule has 1 rings (SSSR count). The molecular formula is C8H10F2OS. The van der Waals surface area contributed by atoms with E-state index in [1.807, 2.05) is 0 Å². The lowest BCUT2D eigenvalue weighted by Crippen LogP contribution is -2.14. The molecule has 0 atom stereocenters. The van der Waals surface area contributed by atoms with Crippen LogP contribution in [-0.4, -0.2) is 11.7 Å². The maximum absolute atomic E-state index is 13.1. The molecule has 4 heteroatoms. The molecule has 0 spiro atoms.